The number of aliphatic hydroxyl groups is 1. The van der Waals surface area contributed by atoms with Gasteiger partial charge in [-0.2, -0.15) is 5.26 Å². The lowest BCUT2D eigenvalue weighted by molar-refractivity contribution is 0.188. The van der Waals surface area contributed by atoms with Gasteiger partial charge in [0.15, 0.2) is 11.0 Å². The van der Waals surface area contributed by atoms with Crippen LogP contribution >= 0.6 is 23.4 Å². The standard InChI is InChI=1S/C18H20ClN5OS/c1-26-18-21-16(13-2-4-14(19)5-3-13)15(12-20)17(22-18)24-8-6-23(7-9-24)10-11-25/h2-5,25H,6-11H2,1H3. The number of β-amino-alcohol motifs (C(OH)–C–C–N with tert-alkyl or cyclic N) is 1. The predicted octanol–water partition coefficient (Wildman–Crippen LogP) is 2.50. The second-order valence-corrected chi connectivity index (χ2v) is 7.14. The van der Waals surface area contributed by atoms with Crippen LogP contribution in [0.5, 0.6) is 0 Å². The van der Waals surface area contributed by atoms with Crippen molar-refractivity contribution in [1.29, 1.82) is 5.26 Å². The van der Waals surface area contributed by atoms with Gasteiger partial charge in [0.25, 0.3) is 0 Å². The molecule has 1 aromatic carbocycles. The third kappa shape index (κ3) is 4.10. The molecule has 3 rings (SSSR count). The number of aromatic nitrogens is 2. The largest absolute Gasteiger partial charge is 0.395 e. The zero-order chi connectivity index (χ0) is 18.5. The van der Waals surface area contributed by atoms with Crippen molar-refractivity contribution >= 4 is 29.2 Å². The zero-order valence-corrected chi connectivity index (χ0v) is 16.1. The van der Waals surface area contributed by atoms with E-state index in [0.717, 1.165) is 31.7 Å². The number of rotatable bonds is 5. The minimum atomic E-state index is 0.161. The Morgan fingerprint density at radius 1 is 1.19 bits per heavy atom. The first-order valence-corrected chi connectivity index (χ1v) is 9.96. The number of nitrogens with zero attached hydrogens (tertiary/aromatic N) is 5. The Morgan fingerprint density at radius 3 is 2.46 bits per heavy atom. The van der Waals surface area contributed by atoms with Crippen LogP contribution in [0.2, 0.25) is 5.02 Å². The van der Waals surface area contributed by atoms with Crippen LogP contribution in [0.4, 0.5) is 5.82 Å². The molecule has 1 aliphatic heterocycles. The van der Waals surface area contributed by atoms with E-state index in [0.29, 0.717) is 33.8 Å². The van der Waals surface area contributed by atoms with Crippen molar-refractivity contribution in [1.82, 2.24) is 14.9 Å². The highest BCUT2D eigenvalue weighted by atomic mass is 35.5. The SMILES string of the molecule is CSc1nc(-c2ccc(Cl)cc2)c(C#N)c(N2CCN(CCO)CC2)n1. The molecule has 26 heavy (non-hydrogen) atoms. The molecule has 0 spiro atoms. The fraction of sp³-hybridized carbons (Fsp3) is 0.389. The minimum absolute atomic E-state index is 0.161. The average molecular weight is 390 g/mol. The molecule has 1 saturated heterocycles. The van der Waals surface area contributed by atoms with E-state index >= 15 is 0 Å². The van der Waals surface area contributed by atoms with E-state index in [4.69, 9.17) is 16.7 Å². The molecule has 1 aliphatic rings. The van der Waals surface area contributed by atoms with Crippen LogP contribution in [0.25, 0.3) is 11.3 Å². The summed E-state index contributed by atoms with van der Waals surface area (Å²) in [4.78, 5) is 13.5. The molecule has 1 N–H and O–H groups in total. The van der Waals surface area contributed by atoms with E-state index in [1.807, 2.05) is 18.4 Å². The fourth-order valence-electron chi connectivity index (χ4n) is 2.99. The second-order valence-electron chi connectivity index (χ2n) is 5.93. The van der Waals surface area contributed by atoms with Crippen molar-refractivity contribution < 1.29 is 5.11 Å². The summed E-state index contributed by atoms with van der Waals surface area (Å²) >= 11 is 7.45. The van der Waals surface area contributed by atoms with E-state index in [2.05, 4.69) is 25.8 Å². The number of aliphatic hydroxyl groups excluding tert-OH is 1. The number of hydrogen-bond donors (Lipinski definition) is 1. The molecule has 0 amide bonds. The van der Waals surface area contributed by atoms with Crippen molar-refractivity contribution in [2.75, 3.05) is 50.5 Å². The highest BCUT2D eigenvalue weighted by molar-refractivity contribution is 7.98. The highest BCUT2D eigenvalue weighted by Crippen LogP contribution is 2.31. The molecular formula is C18H20ClN5OS. The van der Waals surface area contributed by atoms with Crippen LogP contribution in [0.15, 0.2) is 29.4 Å². The quantitative estimate of drug-likeness (QED) is 0.621. The summed E-state index contributed by atoms with van der Waals surface area (Å²) < 4.78 is 0. The van der Waals surface area contributed by atoms with Gasteiger partial charge in [-0.3, -0.25) is 4.90 Å². The van der Waals surface area contributed by atoms with E-state index < -0.39 is 0 Å². The molecule has 0 atom stereocenters. The first-order chi connectivity index (χ1) is 12.7. The lowest BCUT2D eigenvalue weighted by atomic mass is 10.1. The Morgan fingerprint density at radius 2 is 1.88 bits per heavy atom. The molecule has 6 nitrogen and oxygen atoms in total. The first-order valence-electron chi connectivity index (χ1n) is 8.36. The van der Waals surface area contributed by atoms with Crippen LogP contribution in [-0.4, -0.2) is 65.6 Å². The maximum absolute atomic E-state index is 9.81. The Labute approximate surface area is 162 Å². The van der Waals surface area contributed by atoms with Crippen molar-refractivity contribution in [3.8, 4) is 17.3 Å². The number of hydrogen-bond acceptors (Lipinski definition) is 7. The number of piperazine rings is 1. The van der Waals surface area contributed by atoms with Gasteiger partial charge in [-0.1, -0.05) is 35.5 Å². The molecule has 1 aromatic heterocycles. The Kier molecular flexibility index (Phi) is 6.33. The molecule has 0 radical (unpaired) electrons. The fourth-order valence-corrected chi connectivity index (χ4v) is 3.48. The topological polar surface area (TPSA) is 76.3 Å². The molecule has 2 heterocycles. The summed E-state index contributed by atoms with van der Waals surface area (Å²) in [6, 6.07) is 9.64. The van der Waals surface area contributed by atoms with E-state index in [1.165, 1.54) is 11.8 Å². The molecule has 0 aliphatic carbocycles. The summed E-state index contributed by atoms with van der Waals surface area (Å²) in [5.41, 5.74) is 1.97. The number of nitriles is 1. The van der Waals surface area contributed by atoms with Gasteiger partial charge in [0.1, 0.15) is 11.6 Å². The molecule has 0 unspecified atom stereocenters. The van der Waals surface area contributed by atoms with Gasteiger partial charge in [0, 0.05) is 43.3 Å². The Hall–Kier alpha value is -1.85. The lowest BCUT2D eigenvalue weighted by Gasteiger charge is -2.35. The van der Waals surface area contributed by atoms with Gasteiger partial charge in [-0.15, -0.1) is 0 Å². The molecule has 8 heteroatoms. The summed E-state index contributed by atoms with van der Waals surface area (Å²) in [6.07, 6.45) is 1.93. The van der Waals surface area contributed by atoms with Crippen molar-refractivity contribution in [2.45, 2.75) is 5.16 Å². The summed E-state index contributed by atoms with van der Waals surface area (Å²) in [5.74, 6) is 0.681. The van der Waals surface area contributed by atoms with Crippen LogP contribution in [0, 0.1) is 11.3 Å². The van der Waals surface area contributed by atoms with Gasteiger partial charge in [-0.05, 0) is 18.4 Å². The summed E-state index contributed by atoms with van der Waals surface area (Å²) in [5, 5.41) is 20.2. The number of benzene rings is 1. The summed E-state index contributed by atoms with van der Waals surface area (Å²) in [6.45, 7) is 4.03. The predicted molar refractivity (Wildman–Crippen MR) is 105 cm³/mol. The molecular weight excluding hydrogens is 370 g/mol. The Balaban J connectivity index is 1.99. The zero-order valence-electron chi connectivity index (χ0n) is 14.5. The molecule has 2 aromatic rings. The number of halogens is 1. The maximum Gasteiger partial charge on any atom is 0.189 e. The second kappa shape index (κ2) is 8.69. The first kappa shape index (κ1) is 18.9. The minimum Gasteiger partial charge on any atom is -0.395 e. The molecule has 136 valence electrons. The Bertz CT molecular complexity index is 800. The molecule has 1 fully saturated rings. The van der Waals surface area contributed by atoms with Gasteiger partial charge in [-0.25, -0.2) is 9.97 Å². The van der Waals surface area contributed by atoms with Crippen LogP contribution in [0.3, 0.4) is 0 Å². The molecule has 0 saturated carbocycles. The van der Waals surface area contributed by atoms with E-state index in [-0.39, 0.29) is 6.61 Å². The van der Waals surface area contributed by atoms with Crippen LogP contribution in [-0.2, 0) is 0 Å². The number of thioether (sulfide) groups is 1. The lowest BCUT2D eigenvalue weighted by Crippen LogP contribution is -2.47. The third-order valence-electron chi connectivity index (χ3n) is 4.37. The van der Waals surface area contributed by atoms with Gasteiger partial charge < -0.3 is 10.0 Å². The average Bonchev–Trinajstić information content (AvgIpc) is 2.68. The number of anilines is 1. The molecule has 0 bridgehead atoms. The van der Waals surface area contributed by atoms with Crippen molar-refractivity contribution in [2.24, 2.45) is 0 Å². The van der Waals surface area contributed by atoms with Gasteiger partial charge in [0.05, 0.1) is 12.3 Å². The van der Waals surface area contributed by atoms with Gasteiger partial charge in [0.2, 0.25) is 0 Å². The monoisotopic (exact) mass is 389 g/mol. The third-order valence-corrected chi connectivity index (χ3v) is 5.17. The van der Waals surface area contributed by atoms with Crippen molar-refractivity contribution in [3.05, 3.63) is 34.9 Å². The summed E-state index contributed by atoms with van der Waals surface area (Å²) in [7, 11) is 0. The van der Waals surface area contributed by atoms with Gasteiger partial charge >= 0.3 is 0 Å². The van der Waals surface area contributed by atoms with E-state index in [1.54, 1.807) is 12.1 Å². The van der Waals surface area contributed by atoms with E-state index in [9.17, 15) is 5.26 Å². The normalized spacial score (nSPS) is 15.1. The maximum atomic E-state index is 9.81. The highest BCUT2D eigenvalue weighted by Gasteiger charge is 2.24. The smallest absolute Gasteiger partial charge is 0.189 e. The van der Waals surface area contributed by atoms with Crippen molar-refractivity contribution in [3.63, 3.8) is 0 Å². The van der Waals surface area contributed by atoms with Crippen LogP contribution in [0.1, 0.15) is 5.56 Å². The van der Waals surface area contributed by atoms with Crippen LogP contribution < -0.4 is 4.90 Å².